The van der Waals surface area contributed by atoms with Crippen molar-refractivity contribution in [2.75, 3.05) is 24.5 Å². The number of nitrogens with one attached hydrogen (secondary N) is 2. The highest BCUT2D eigenvalue weighted by Gasteiger charge is 2.23. The zero-order valence-electron chi connectivity index (χ0n) is 12.5. The maximum atomic E-state index is 11.9. The van der Waals surface area contributed by atoms with Crippen LogP contribution in [-0.2, 0) is 6.42 Å². The van der Waals surface area contributed by atoms with Gasteiger partial charge in [0.15, 0.2) is 0 Å². The van der Waals surface area contributed by atoms with Crippen molar-refractivity contribution in [2.45, 2.75) is 18.9 Å². The van der Waals surface area contributed by atoms with E-state index in [0.29, 0.717) is 13.0 Å². The normalized spacial score (nSPS) is 17.5. The molecule has 1 atom stereocenters. The average molecular weight is 299 g/mol. The Morgan fingerprint density at radius 3 is 2.86 bits per heavy atom. The van der Waals surface area contributed by atoms with Crippen molar-refractivity contribution in [1.29, 1.82) is 0 Å². The molecule has 1 aromatic heterocycles. The van der Waals surface area contributed by atoms with E-state index in [2.05, 4.69) is 27.7 Å². The standard InChI is InChI=1S/C17H21N3O2/c21-17(18-10-8-16-7-4-12-22-16)19-14-9-11-20(13-14)15-5-2-1-3-6-15/h1-7,12,14H,8-11,13H2,(H2,18,19,21)/t14-/m0/s1. The summed E-state index contributed by atoms with van der Waals surface area (Å²) in [6.45, 7) is 2.41. The number of carbonyl (C=O) groups is 1. The molecule has 0 radical (unpaired) electrons. The third-order valence-corrected chi connectivity index (χ3v) is 3.88. The molecular weight excluding hydrogens is 278 g/mol. The first-order valence-electron chi connectivity index (χ1n) is 7.68. The average Bonchev–Trinajstić information content (AvgIpc) is 3.20. The molecule has 0 saturated carbocycles. The Labute approximate surface area is 130 Å². The second kappa shape index (κ2) is 7.02. The SMILES string of the molecule is O=C(NCCc1ccco1)N[C@H]1CCN(c2ccccc2)C1. The van der Waals surface area contributed by atoms with E-state index in [9.17, 15) is 4.79 Å². The number of anilines is 1. The highest BCUT2D eigenvalue weighted by molar-refractivity contribution is 5.74. The molecule has 116 valence electrons. The van der Waals surface area contributed by atoms with Crippen LogP contribution < -0.4 is 15.5 Å². The highest BCUT2D eigenvalue weighted by atomic mass is 16.3. The largest absolute Gasteiger partial charge is 0.469 e. The first-order chi connectivity index (χ1) is 10.8. The van der Waals surface area contributed by atoms with E-state index in [1.807, 2.05) is 30.3 Å². The summed E-state index contributed by atoms with van der Waals surface area (Å²) < 4.78 is 5.23. The third-order valence-electron chi connectivity index (χ3n) is 3.88. The number of carbonyl (C=O) groups excluding carboxylic acids is 1. The molecule has 5 heteroatoms. The predicted molar refractivity (Wildman–Crippen MR) is 86.0 cm³/mol. The van der Waals surface area contributed by atoms with E-state index in [0.717, 1.165) is 25.3 Å². The van der Waals surface area contributed by atoms with Crippen LogP contribution in [0.5, 0.6) is 0 Å². The van der Waals surface area contributed by atoms with Gasteiger partial charge in [0.2, 0.25) is 0 Å². The summed E-state index contributed by atoms with van der Waals surface area (Å²) in [6, 6.07) is 14.2. The topological polar surface area (TPSA) is 57.5 Å². The maximum Gasteiger partial charge on any atom is 0.315 e. The van der Waals surface area contributed by atoms with Crippen LogP contribution in [-0.4, -0.2) is 31.7 Å². The minimum absolute atomic E-state index is 0.105. The quantitative estimate of drug-likeness (QED) is 0.891. The molecule has 0 aliphatic carbocycles. The number of rotatable bonds is 5. The van der Waals surface area contributed by atoms with Crippen LogP contribution in [0.3, 0.4) is 0 Å². The van der Waals surface area contributed by atoms with Gasteiger partial charge in [-0.05, 0) is 30.7 Å². The summed E-state index contributed by atoms with van der Waals surface area (Å²) in [5, 5.41) is 5.91. The van der Waals surface area contributed by atoms with Crippen molar-refractivity contribution in [3.05, 3.63) is 54.5 Å². The van der Waals surface area contributed by atoms with Crippen LogP contribution in [0, 0.1) is 0 Å². The fraction of sp³-hybridized carbons (Fsp3) is 0.353. The van der Waals surface area contributed by atoms with Crippen molar-refractivity contribution in [2.24, 2.45) is 0 Å². The van der Waals surface area contributed by atoms with E-state index in [4.69, 9.17) is 4.42 Å². The summed E-state index contributed by atoms with van der Waals surface area (Å²) in [7, 11) is 0. The van der Waals surface area contributed by atoms with Gasteiger partial charge in [-0.1, -0.05) is 18.2 Å². The molecule has 0 bridgehead atoms. The lowest BCUT2D eigenvalue weighted by atomic mass is 10.3. The third kappa shape index (κ3) is 3.81. The van der Waals surface area contributed by atoms with Crippen LogP contribution >= 0.6 is 0 Å². The smallest absolute Gasteiger partial charge is 0.315 e. The molecule has 2 heterocycles. The molecule has 1 aliphatic rings. The van der Waals surface area contributed by atoms with E-state index in [1.165, 1.54) is 5.69 Å². The molecule has 1 aliphatic heterocycles. The maximum absolute atomic E-state index is 11.9. The Bertz CT molecular complexity index is 583. The molecule has 2 amide bonds. The number of furan rings is 1. The molecule has 5 nitrogen and oxygen atoms in total. The Balaban J connectivity index is 1.39. The minimum atomic E-state index is -0.105. The number of amides is 2. The number of nitrogens with zero attached hydrogens (tertiary/aromatic N) is 1. The number of para-hydroxylation sites is 1. The zero-order valence-corrected chi connectivity index (χ0v) is 12.5. The second-order valence-corrected chi connectivity index (χ2v) is 5.50. The van der Waals surface area contributed by atoms with Gasteiger partial charge in [0.05, 0.1) is 6.26 Å². The highest BCUT2D eigenvalue weighted by Crippen LogP contribution is 2.19. The van der Waals surface area contributed by atoms with Crippen LogP contribution in [0.1, 0.15) is 12.2 Å². The fourth-order valence-corrected chi connectivity index (χ4v) is 2.74. The molecule has 0 spiro atoms. The van der Waals surface area contributed by atoms with Crippen LogP contribution in [0.2, 0.25) is 0 Å². The van der Waals surface area contributed by atoms with Crippen molar-refractivity contribution < 1.29 is 9.21 Å². The van der Waals surface area contributed by atoms with Crippen LogP contribution in [0.25, 0.3) is 0 Å². The minimum Gasteiger partial charge on any atom is -0.469 e. The number of hydrogen-bond acceptors (Lipinski definition) is 3. The number of hydrogen-bond donors (Lipinski definition) is 2. The molecule has 1 saturated heterocycles. The van der Waals surface area contributed by atoms with Gasteiger partial charge in [-0.3, -0.25) is 0 Å². The number of benzene rings is 1. The van der Waals surface area contributed by atoms with Gasteiger partial charge in [0.25, 0.3) is 0 Å². The first-order valence-corrected chi connectivity index (χ1v) is 7.68. The zero-order chi connectivity index (χ0) is 15.2. The summed E-state index contributed by atoms with van der Waals surface area (Å²) in [5.74, 6) is 0.886. The van der Waals surface area contributed by atoms with Gasteiger partial charge in [-0.2, -0.15) is 0 Å². The van der Waals surface area contributed by atoms with Gasteiger partial charge >= 0.3 is 6.03 Å². The summed E-state index contributed by atoms with van der Waals surface area (Å²) in [6.07, 6.45) is 3.33. The molecule has 1 aromatic carbocycles. The first kappa shape index (κ1) is 14.5. The van der Waals surface area contributed by atoms with Crippen molar-refractivity contribution >= 4 is 11.7 Å². The molecule has 3 rings (SSSR count). The lowest BCUT2D eigenvalue weighted by molar-refractivity contribution is 0.238. The molecular formula is C17H21N3O2. The van der Waals surface area contributed by atoms with Crippen LogP contribution in [0.15, 0.2) is 53.1 Å². The lowest BCUT2D eigenvalue weighted by Gasteiger charge is -2.19. The summed E-state index contributed by atoms with van der Waals surface area (Å²) in [5.41, 5.74) is 1.21. The monoisotopic (exact) mass is 299 g/mol. The molecule has 2 N–H and O–H groups in total. The summed E-state index contributed by atoms with van der Waals surface area (Å²) in [4.78, 5) is 14.2. The van der Waals surface area contributed by atoms with Gasteiger partial charge in [0, 0.05) is 37.8 Å². The van der Waals surface area contributed by atoms with E-state index >= 15 is 0 Å². The molecule has 2 aromatic rings. The number of urea groups is 1. The Hall–Kier alpha value is -2.43. The van der Waals surface area contributed by atoms with E-state index in [-0.39, 0.29) is 12.1 Å². The lowest BCUT2D eigenvalue weighted by Crippen LogP contribution is -2.43. The molecule has 0 unspecified atom stereocenters. The van der Waals surface area contributed by atoms with Crippen molar-refractivity contribution in [3.63, 3.8) is 0 Å². The van der Waals surface area contributed by atoms with Gasteiger partial charge in [0.1, 0.15) is 5.76 Å². The second-order valence-electron chi connectivity index (χ2n) is 5.50. The van der Waals surface area contributed by atoms with E-state index in [1.54, 1.807) is 6.26 Å². The van der Waals surface area contributed by atoms with E-state index < -0.39 is 0 Å². The molecule has 1 fully saturated rings. The van der Waals surface area contributed by atoms with Gasteiger partial charge in [-0.25, -0.2) is 4.79 Å². The van der Waals surface area contributed by atoms with Crippen molar-refractivity contribution in [1.82, 2.24) is 10.6 Å². The Kier molecular flexibility index (Phi) is 4.63. The van der Waals surface area contributed by atoms with Gasteiger partial charge in [-0.15, -0.1) is 0 Å². The van der Waals surface area contributed by atoms with Crippen molar-refractivity contribution in [3.8, 4) is 0 Å². The Morgan fingerprint density at radius 1 is 1.23 bits per heavy atom. The summed E-state index contributed by atoms with van der Waals surface area (Å²) >= 11 is 0. The predicted octanol–water partition coefficient (Wildman–Crippen LogP) is 2.40. The van der Waals surface area contributed by atoms with Crippen LogP contribution in [0.4, 0.5) is 10.5 Å². The molecule has 22 heavy (non-hydrogen) atoms. The fourth-order valence-electron chi connectivity index (χ4n) is 2.74. The van der Waals surface area contributed by atoms with Gasteiger partial charge < -0.3 is 20.0 Å². The Morgan fingerprint density at radius 2 is 2.09 bits per heavy atom.